The summed E-state index contributed by atoms with van der Waals surface area (Å²) in [6, 6.07) is 6.71. The second-order valence-corrected chi connectivity index (χ2v) is 7.91. The van der Waals surface area contributed by atoms with Crippen LogP contribution >= 0.6 is 0 Å². The molecule has 0 saturated heterocycles. The summed E-state index contributed by atoms with van der Waals surface area (Å²) in [5.41, 5.74) is 0.726. The normalized spacial score (nSPS) is 22.9. The number of benzene rings is 1. The molecule has 1 N–H and O–H groups in total. The lowest BCUT2D eigenvalue weighted by atomic mass is 9.94. The number of hydrogen-bond acceptors (Lipinski definition) is 5. The van der Waals surface area contributed by atoms with E-state index in [1.807, 2.05) is 0 Å². The smallest absolute Gasteiger partial charge is 0.273 e. The van der Waals surface area contributed by atoms with Crippen LogP contribution < -0.4 is 5.32 Å². The molecule has 2 atom stereocenters. The van der Waals surface area contributed by atoms with Crippen molar-refractivity contribution in [3.05, 3.63) is 39.9 Å². The van der Waals surface area contributed by atoms with Crippen molar-refractivity contribution in [2.45, 2.75) is 43.5 Å². The van der Waals surface area contributed by atoms with Gasteiger partial charge in [-0.3, -0.25) is 10.1 Å². The zero-order valence-corrected chi connectivity index (χ0v) is 12.8. The van der Waals surface area contributed by atoms with Crippen molar-refractivity contribution >= 4 is 15.5 Å². The third-order valence-corrected chi connectivity index (χ3v) is 5.64. The Hall–Kier alpha value is -1.47. The minimum Gasteiger partial charge on any atom is -0.310 e. The van der Waals surface area contributed by atoms with E-state index in [0.29, 0.717) is 24.9 Å². The summed E-state index contributed by atoms with van der Waals surface area (Å²) in [5, 5.41) is 13.9. The van der Waals surface area contributed by atoms with Crippen molar-refractivity contribution < 1.29 is 13.3 Å². The zero-order chi connectivity index (χ0) is 15.5. The van der Waals surface area contributed by atoms with Crippen LogP contribution in [0.3, 0.4) is 0 Å². The third kappa shape index (κ3) is 4.25. The van der Waals surface area contributed by atoms with Gasteiger partial charge in [-0.05, 0) is 19.3 Å². The highest BCUT2D eigenvalue weighted by molar-refractivity contribution is 7.91. The van der Waals surface area contributed by atoms with Gasteiger partial charge in [0.25, 0.3) is 5.69 Å². The Morgan fingerprint density at radius 1 is 1.33 bits per heavy atom. The Morgan fingerprint density at radius 2 is 2.05 bits per heavy atom. The van der Waals surface area contributed by atoms with Crippen molar-refractivity contribution in [2.75, 3.05) is 6.26 Å². The molecule has 0 radical (unpaired) electrons. The standard InChI is InChI=1S/C14H20N2O4S/c1-21(19,20)13-7-4-6-12(9-13)15-10-11-5-2-3-8-14(11)16(17)18/h2-3,5,8,12-13,15H,4,6-7,9-10H2,1H3. The van der Waals surface area contributed by atoms with Crippen molar-refractivity contribution in [3.63, 3.8) is 0 Å². The Labute approximate surface area is 124 Å². The molecule has 0 aliphatic heterocycles. The molecule has 21 heavy (non-hydrogen) atoms. The molecule has 0 amide bonds. The molecular weight excluding hydrogens is 292 g/mol. The Bertz CT molecular complexity index is 615. The van der Waals surface area contributed by atoms with E-state index in [4.69, 9.17) is 0 Å². The summed E-state index contributed by atoms with van der Waals surface area (Å²) in [6.45, 7) is 0.387. The molecule has 2 unspecified atom stereocenters. The van der Waals surface area contributed by atoms with Crippen LogP contribution in [0, 0.1) is 10.1 Å². The molecule has 0 bridgehead atoms. The summed E-state index contributed by atoms with van der Waals surface area (Å²) >= 11 is 0. The first-order valence-corrected chi connectivity index (χ1v) is 8.98. The van der Waals surface area contributed by atoms with Crippen LogP contribution in [0.4, 0.5) is 5.69 Å². The van der Waals surface area contributed by atoms with Gasteiger partial charge in [0.1, 0.15) is 9.84 Å². The van der Waals surface area contributed by atoms with E-state index < -0.39 is 14.8 Å². The highest BCUT2D eigenvalue weighted by Gasteiger charge is 2.28. The van der Waals surface area contributed by atoms with E-state index >= 15 is 0 Å². The monoisotopic (exact) mass is 312 g/mol. The maximum absolute atomic E-state index is 11.6. The molecule has 7 heteroatoms. The third-order valence-electron chi connectivity index (χ3n) is 4.00. The van der Waals surface area contributed by atoms with Crippen LogP contribution in [0.15, 0.2) is 24.3 Å². The number of nitrogens with zero attached hydrogens (tertiary/aromatic N) is 1. The first-order chi connectivity index (χ1) is 9.88. The maximum Gasteiger partial charge on any atom is 0.273 e. The van der Waals surface area contributed by atoms with Gasteiger partial charge < -0.3 is 5.32 Å². The van der Waals surface area contributed by atoms with Crippen LogP contribution in [0.5, 0.6) is 0 Å². The average molecular weight is 312 g/mol. The fourth-order valence-corrected chi connectivity index (χ4v) is 3.99. The molecule has 0 spiro atoms. The van der Waals surface area contributed by atoms with Crippen LogP contribution in [0.25, 0.3) is 0 Å². The van der Waals surface area contributed by atoms with E-state index in [0.717, 1.165) is 12.8 Å². The van der Waals surface area contributed by atoms with Gasteiger partial charge in [-0.1, -0.05) is 24.6 Å². The van der Waals surface area contributed by atoms with Crippen LogP contribution in [0.2, 0.25) is 0 Å². The average Bonchev–Trinajstić information content (AvgIpc) is 2.45. The van der Waals surface area contributed by atoms with E-state index in [9.17, 15) is 18.5 Å². The minimum atomic E-state index is -3.01. The number of nitro groups is 1. The number of nitrogens with one attached hydrogen (secondary N) is 1. The molecule has 0 heterocycles. The van der Waals surface area contributed by atoms with Crippen molar-refractivity contribution in [1.82, 2.24) is 5.32 Å². The number of nitro benzene ring substituents is 1. The van der Waals surface area contributed by atoms with Gasteiger partial charge in [-0.2, -0.15) is 0 Å². The molecule has 1 aromatic carbocycles. The molecule has 2 rings (SSSR count). The highest BCUT2D eigenvalue weighted by atomic mass is 32.2. The van der Waals surface area contributed by atoms with Crippen LogP contribution in [-0.4, -0.2) is 30.9 Å². The molecule has 1 aliphatic carbocycles. The Balaban J connectivity index is 1.99. The van der Waals surface area contributed by atoms with E-state index in [2.05, 4.69) is 5.32 Å². The lowest BCUT2D eigenvalue weighted by Crippen LogP contribution is -2.38. The lowest BCUT2D eigenvalue weighted by molar-refractivity contribution is -0.385. The summed E-state index contributed by atoms with van der Waals surface area (Å²) < 4.78 is 23.3. The van der Waals surface area contributed by atoms with Gasteiger partial charge in [0.15, 0.2) is 0 Å². The zero-order valence-electron chi connectivity index (χ0n) is 12.0. The predicted molar refractivity (Wildman–Crippen MR) is 80.8 cm³/mol. The summed E-state index contributed by atoms with van der Waals surface area (Å²) in [6.07, 6.45) is 4.35. The van der Waals surface area contributed by atoms with Gasteiger partial charge in [0.05, 0.1) is 10.2 Å². The molecule has 1 fully saturated rings. The topological polar surface area (TPSA) is 89.3 Å². The van der Waals surface area contributed by atoms with Crippen molar-refractivity contribution in [3.8, 4) is 0 Å². The second kappa shape index (κ2) is 6.53. The van der Waals surface area contributed by atoms with E-state index in [1.54, 1.807) is 18.2 Å². The Morgan fingerprint density at radius 3 is 2.71 bits per heavy atom. The summed E-state index contributed by atoms with van der Waals surface area (Å²) in [4.78, 5) is 10.6. The largest absolute Gasteiger partial charge is 0.310 e. The molecule has 0 aromatic heterocycles. The maximum atomic E-state index is 11.6. The molecule has 116 valence electrons. The van der Waals surface area contributed by atoms with Crippen molar-refractivity contribution in [2.24, 2.45) is 0 Å². The van der Waals surface area contributed by atoms with Gasteiger partial charge in [0.2, 0.25) is 0 Å². The minimum absolute atomic E-state index is 0.0956. The quantitative estimate of drug-likeness (QED) is 0.664. The number of sulfone groups is 1. The number of hydrogen-bond donors (Lipinski definition) is 1. The lowest BCUT2D eigenvalue weighted by Gasteiger charge is -2.28. The molecule has 6 nitrogen and oxygen atoms in total. The van der Waals surface area contributed by atoms with Gasteiger partial charge in [-0.15, -0.1) is 0 Å². The van der Waals surface area contributed by atoms with Gasteiger partial charge in [0, 0.05) is 30.5 Å². The number of rotatable bonds is 5. The Kier molecular flexibility index (Phi) is 4.95. The molecule has 1 aromatic rings. The fourth-order valence-electron chi connectivity index (χ4n) is 2.81. The first kappa shape index (κ1) is 15.9. The van der Waals surface area contributed by atoms with Gasteiger partial charge in [-0.25, -0.2) is 8.42 Å². The first-order valence-electron chi connectivity index (χ1n) is 7.02. The SMILES string of the molecule is CS(=O)(=O)C1CCCC(NCc2ccccc2[N+](=O)[O-])C1. The summed E-state index contributed by atoms with van der Waals surface area (Å²) in [7, 11) is -3.01. The second-order valence-electron chi connectivity index (χ2n) is 5.58. The van der Waals surface area contributed by atoms with Gasteiger partial charge >= 0.3 is 0 Å². The van der Waals surface area contributed by atoms with Crippen LogP contribution in [-0.2, 0) is 16.4 Å². The van der Waals surface area contributed by atoms with E-state index in [1.165, 1.54) is 12.3 Å². The van der Waals surface area contributed by atoms with E-state index in [-0.39, 0.29) is 17.0 Å². The molecular formula is C14H20N2O4S. The number of para-hydroxylation sites is 1. The van der Waals surface area contributed by atoms with Crippen LogP contribution in [0.1, 0.15) is 31.2 Å². The predicted octanol–water partition coefficient (Wildman–Crippen LogP) is 2.04. The fraction of sp³-hybridized carbons (Fsp3) is 0.571. The summed E-state index contributed by atoms with van der Waals surface area (Å²) in [5.74, 6) is 0. The van der Waals surface area contributed by atoms with Crippen molar-refractivity contribution in [1.29, 1.82) is 0 Å². The highest BCUT2D eigenvalue weighted by Crippen LogP contribution is 2.25. The molecule has 1 saturated carbocycles. The molecule has 1 aliphatic rings.